The highest BCUT2D eigenvalue weighted by Crippen LogP contribution is 2.27. The molecule has 1 fully saturated rings. The van der Waals surface area contributed by atoms with Gasteiger partial charge in [-0.05, 0) is 30.7 Å². The van der Waals surface area contributed by atoms with Crippen LogP contribution in [0.25, 0.3) is 0 Å². The third kappa shape index (κ3) is 2.98. The van der Waals surface area contributed by atoms with Crippen molar-refractivity contribution >= 4 is 17.4 Å². The molecule has 2 atom stereocenters. The lowest BCUT2D eigenvalue weighted by Crippen LogP contribution is -2.33. The number of thioether (sulfide) groups is 1. The molecule has 5 heteroatoms. The third-order valence-corrected chi connectivity index (χ3v) is 4.47. The fraction of sp³-hybridized carbons (Fsp3) is 0.500. The zero-order chi connectivity index (χ0) is 12.3. The third-order valence-electron chi connectivity index (χ3n) is 3.21. The van der Waals surface area contributed by atoms with Gasteiger partial charge in [0, 0.05) is 23.9 Å². The van der Waals surface area contributed by atoms with Gasteiger partial charge in [-0.15, -0.1) is 0 Å². The number of nitrogens with zero attached hydrogens (tertiary/aromatic N) is 1. The average Bonchev–Trinajstić information content (AvgIpc) is 2.77. The van der Waals surface area contributed by atoms with E-state index in [1.807, 2.05) is 30.9 Å². The maximum absolute atomic E-state index is 10.5. The van der Waals surface area contributed by atoms with Crippen LogP contribution in [0, 0.1) is 16.0 Å². The molecule has 4 nitrogen and oxygen atoms in total. The molecule has 1 N–H and O–H groups in total. The summed E-state index contributed by atoms with van der Waals surface area (Å²) in [5.74, 6) is 2.96. The second kappa shape index (κ2) is 5.51. The van der Waals surface area contributed by atoms with E-state index in [2.05, 4.69) is 5.32 Å². The normalized spacial score (nSPS) is 23.8. The summed E-state index contributed by atoms with van der Waals surface area (Å²) in [5.41, 5.74) is 1.35. The minimum absolute atomic E-state index is 0.166. The highest BCUT2D eigenvalue weighted by Gasteiger charge is 2.26. The van der Waals surface area contributed by atoms with Crippen LogP contribution in [0.5, 0.6) is 0 Å². The summed E-state index contributed by atoms with van der Waals surface area (Å²) >= 11 is 1.97. The summed E-state index contributed by atoms with van der Waals surface area (Å²) in [6.45, 7) is 0. The fourth-order valence-corrected chi connectivity index (χ4v) is 3.66. The molecule has 0 radical (unpaired) electrons. The molecule has 17 heavy (non-hydrogen) atoms. The Morgan fingerprint density at radius 3 is 2.71 bits per heavy atom. The van der Waals surface area contributed by atoms with E-state index >= 15 is 0 Å². The molecule has 92 valence electrons. The molecule has 0 aromatic heterocycles. The lowest BCUT2D eigenvalue weighted by molar-refractivity contribution is -0.384. The molecule has 0 bridgehead atoms. The van der Waals surface area contributed by atoms with Gasteiger partial charge in [-0.3, -0.25) is 10.1 Å². The Balaban J connectivity index is 2.01. The van der Waals surface area contributed by atoms with Gasteiger partial charge in [0.2, 0.25) is 0 Å². The molecule has 0 aliphatic carbocycles. The van der Waals surface area contributed by atoms with Crippen molar-refractivity contribution in [2.24, 2.45) is 5.92 Å². The summed E-state index contributed by atoms with van der Waals surface area (Å²) in [7, 11) is 2.00. The van der Waals surface area contributed by atoms with Crippen LogP contribution < -0.4 is 5.32 Å². The molecular weight excluding hydrogens is 236 g/mol. The van der Waals surface area contributed by atoms with Gasteiger partial charge in [0.05, 0.1) is 4.92 Å². The Morgan fingerprint density at radius 1 is 1.41 bits per heavy atom. The van der Waals surface area contributed by atoms with Gasteiger partial charge in [-0.2, -0.15) is 11.8 Å². The quantitative estimate of drug-likeness (QED) is 0.658. The van der Waals surface area contributed by atoms with Crippen molar-refractivity contribution in [2.75, 3.05) is 18.6 Å². The number of nitro groups is 1. The van der Waals surface area contributed by atoms with E-state index in [4.69, 9.17) is 0 Å². The molecule has 0 amide bonds. The Bertz CT molecular complexity index is 394. The molecule has 1 heterocycles. The number of hydrogen-bond acceptors (Lipinski definition) is 4. The Morgan fingerprint density at radius 2 is 2.12 bits per heavy atom. The van der Waals surface area contributed by atoms with Gasteiger partial charge < -0.3 is 5.32 Å². The summed E-state index contributed by atoms with van der Waals surface area (Å²) in [6.07, 6.45) is 0.997. The summed E-state index contributed by atoms with van der Waals surface area (Å²) in [6, 6.07) is 7.48. The minimum Gasteiger partial charge on any atom is -0.316 e. The van der Waals surface area contributed by atoms with Crippen LogP contribution in [0.2, 0.25) is 0 Å². The van der Waals surface area contributed by atoms with Crippen molar-refractivity contribution in [3.8, 4) is 0 Å². The molecule has 0 spiro atoms. The predicted molar refractivity (Wildman–Crippen MR) is 70.5 cm³/mol. The van der Waals surface area contributed by atoms with Gasteiger partial charge in [0.1, 0.15) is 0 Å². The van der Waals surface area contributed by atoms with E-state index in [-0.39, 0.29) is 10.6 Å². The van der Waals surface area contributed by atoms with Crippen LogP contribution >= 0.6 is 11.8 Å². The maximum Gasteiger partial charge on any atom is 0.269 e. The fourth-order valence-electron chi connectivity index (χ4n) is 2.18. The molecule has 1 aliphatic rings. The molecule has 1 aliphatic heterocycles. The van der Waals surface area contributed by atoms with Gasteiger partial charge in [-0.1, -0.05) is 12.1 Å². The average molecular weight is 252 g/mol. The predicted octanol–water partition coefficient (Wildman–Crippen LogP) is 2.09. The highest BCUT2D eigenvalue weighted by molar-refractivity contribution is 7.99. The number of nitro benzene ring substituents is 1. The van der Waals surface area contributed by atoms with Crippen molar-refractivity contribution in [2.45, 2.75) is 12.5 Å². The van der Waals surface area contributed by atoms with E-state index in [1.165, 1.54) is 11.3 Å². The Kier molecular flexibility index (Phi) is 4.02. The van der Waals surface area contributed by atoms with E-state index < -0.39 is 0 Å². The van der Waals surface area contributed by atoms with Crippen LogP contribution in [0.3, 0.4) is 0 Å². The molecule has 1 saturated heterocycles. The van der Waals surface area contributed by atoms with Crippen molar-refractivity contribution < 1.29 is 4.92 Å². The smallest absolute Gasteiger partial charge is 0.269 e. The van der Waals surface area contributed by atoms with Gasteiger partial charge in [0.25, 0.3) is 5.69 Å². The summed E-state index contributed by atoms with van der Waals surface area (Å²) < 4.78 is 0. The van der Waals surface area contributed by atoms with Gasteiger partial charge >= 0.3 is 0 Å². The zero-order valence-electron chi connectivity index (χ0n) is 9.76. The lowest BCUT2D eigenvalue weighted by Gasteiger charge is -2.17. The zero-order valence-corrected chi connectivity index (χ0v) is 10.6. The monoisotopic (exact) mass is 252 g/mol. The van der Waals surface area contributed by atoms with E-state index in [9.17, 15) is 10.1 Å². The van der Waals surface area contributed by atoms with Crippen LogP contribution in [0.4, 0.5) is 5.69 Å². The number of non-ortho nitro benzene ring substituents is 1. The Labute approximate surface area is 105 Å². The van der Waals surface area contributed by atoms with Crippen molar-refractivity contribution in [3.63, 3.8) is 0 Å². The minimum atomic E-state index is -0.356. The molecular formula is C12H16N2O2S. The molecule has 1 aromatic carbocycles. The number of hydrogen-bond donors (Lipinski definition) is 1. The second-order valence-corrected chi connectivity index (χ2v) is 5.40. The summed E-state index contributed by atoms with van der Waals surface area (Å²) in [5, 5.41) is 13.9. The highest BCUT2D eigenvalue weighted by atomic mass is 32.2. The van der Waals surface area contributed by atoms with Gasteiger partial charge in [-0.25, -0.2) is 0 Å². The van der Waals surface area contributed by atoms with E-state index in [1.54, 1.807) is 12.1 Å². The second-order valence-electron chi connectivity index (χ2n) is 4.32. The van der Waals surface area contributed by atoms with Crippen molar-refractivity contribution in [1.82, 2.24) is 5.32 Å². The topological polar surface area (TPSA) is 55.2 Å². The first kappa shape index (κ1) is 12.4. The Hall–Kier alpha value is -1.07. The molecule has 2 unspecified atom stereocenters. The number of rotatable bonds is 4. The lowest BCUT2D eigenvalue weighted by atomic mass is 9.95. The van der Waals surface area contributed by atoms with Gasteiger partial charge in [0.15, 0.2) is 0 Å². The standard InChI is InChI=1S/C12H16N2O2S/c1-13-12-8-17-7-10(12)6-9-2-4-11(5-3-9)14(15)16/h2-5,10,12-13H,6-8H2,1H3. The van der Waals surface area contributed by atoms with E-state index in [0.29, 0.717) is 12.0 Å². The number of nitrogens with one attached hydrogen (secondary N) is 1. The SMILES string of the molecule is CNC1CSCC1Cc1ccc([N+](=O)[O-])cc1. The van der Waals surface area contributed by atoms with E-state index in [0.717, 1.165) is 12.2 Å². The molecule has 0 saturated carbocycles. The van der Waals surface area contributed by atoms with Crippen molar-refractivity contribution in [3.05, 3.63) is 39.9 Å². The first-order valence-electron chi connectivity index (χ1n) is 5.69. The largest absolute Gasteiger partial charge is 0.316 e. The molecule has 2 rings (SSSR count). The molecule has 1 aromatic rings. The number of benzene rings is 1. The maximum atomic E-state index is 10.5. The first-order chi connectivity index (χ1) is 8.20. The van der Waals surface area contributed by atoms with Crippen LogP contribution in [-0.4, -0.2) is 29.5 Å². The van der Waals surface area contributed by atoms with Crippen LogP contribution in [-0.2, 0) is 6.42 Å². The van der Waals surface area contributed by atoms with Crippen molar-refractivity contribution in [1.29, 1.82) is 0 Å². The van der Waals surface area contributed by atoms with Crippen LogP contribution in [0.1, 0.15) is 5.56 Å². The first-order valence-corrected chi connectivity index (χ1v) is 6.84. The summed E-state index contributed by atoms with van der Waals surface area (Å²) in [4.78, 5) is 10.2. The van der Waals surface area contributed by atoms with Crippen LogP contribution in [0.15, 0.2) is 24.3 Å².